The lowest BCUT2D eigenvalue weighted by molar-refractivity contribution is 0.0714. The van der Waals surface area contributed by atoms with E-state index in [1.165, 1.54) is 19.1 Å². The molecule has 2 fully saturated rings. The number of piperazine rings is 1. The first-order valence-electron chi connectivity index (χ1n) is 9.23. The van der Waals surface area contributed by atoms with Crippen molar-refractivity contribution in [2.75, 3.05) is 49.1 Å². The molecule has 0 radical (unpaired) electrons. The zero-order chi connectivity index (χ0) is 17.9. The summed E-state index contributed by atoms with van der Waals surface area (Å²) in [5, 5.41) is 8.37. The van der Waals surface area contributed by atoms with Crippen LogP contribution in [0.1, 0.15) is 30.3 Å². The maximum absolute atomic E-state index is 12.4. The third kappa shape index (κ3) is 3.49. The van der Waals surface area contributed by atoms with Gasteiger partial charge in [0.15, 0.2) is 11.6 Å². The molecule has 0 saturated carbocycles. The number of carbonyl (C=O) groups is 1. The van der Waals surface area contributed by atoms with E-state index in [2.05, 4.69) is 26.9 Å². The van der Waals surface area contributed by atoms with E-state index in [0.717, 1.165) is 24.8 Å². The Bertz CT molecular complexity index is 734. The lowest BCUT2D eigenvalue weighted by Crippen LogP contribution is -2.49. The molecule has 26 heavy (non-hydrogen) atoms. The first-order valence-corrected chi connectivity index (χ1v) is 9.23. The van der Waals surface area contributed by atoms with Crippen LogP contribution in [0.2, 0.25) is 0 Å². The fourth-order valence-corrected chi connectivity index (χ4v) is 3.48. The highest BCUT2D eigenvalue weighted by molar-refractivity contribution is 5.91. The first kappa shape index (κ1) is 16.8. The third-order valence-corrected chi connectivity index (χ3v) is 5.22. The van der Waals surface area contributed by atoms with E-state index in [1.807, 2.05) is 0 Å². The van der Waals surface area contributed by atoms with Crippen molar-refractivity contribution in [2.24, 2.45) is 5.92 Å². The van der Waals surface area contributed by atoms with Crippen molar-refractivity contribution < 1.29 is 9.21 Å². The highest BCUT2D eigenvalue weighted by atomic mass is 16.3. The predicted octanol–water partition coefficient (Wildman–Crippen LogP) is 1.66. The molecule has 0 bridgehead atoms. The van der Waals surface area contributed by atoms with Crippen molar-refractivity contribution in [1.29, 1.82) is 0 Å². The molecule has 0 N–H and O–H groups in total. The van der Waals surface area contributed by atoms with Gasteiger partial charge in [0.2, 0.25) is 5.95 Å². The standard InChI is InChI=1S/C18H24N6O2/c1-14-4-6-22(7-5-14)16-13-19-21-18(20-16)24-10-8-23(9-11-24)17(25)15-3-2-12-26-15/h2-3,12-14H,4-11H2,1H3. The minimum absolute atomic E-state index is 0.0649. The van der Waals surface area contributed by atoms with E-state index in [1.54, 1.807) is 23.2 Å². The molecule has 4 heterocycles. The molecule has 2 aromatic heterocycles. The predicted molar refractivity (Wildman–Crippen MR) is 97.3 cm³/mol. The number of furan rings is 1. The van der Waals surface area contributed by atoms with E-state index in [9.17, 15) is 4.79 Å². The molecular weight excluding hydrogens is 332 g/mol. The van der Waals surface area contributed by atoms with Gasteiger partial charge in [-0.15, -0.1) is 5.10 Å². The molecule has 8 nitrogen and oxygen atoms in total. The van der Waals surface area contributed by atoms with Crippen molar-refractivity contribution in [2.45, 2.75) is 19.8 Å². The molecule has 8 heteroatoms. The lowest BCUT2D eigenvalue weighted by atomic mass is 9.99. The van der Waals surface area contributed by atoms with Crippen LogP contribution in [-0.4, -0.2) is 65.3 Å². The average molecular weight is 356 g/mol. The van der Waals surface area contributed by atoms with Crippen molar-refractivity contribution in [3.63, 3.8) is 0 Å². The summed E-state index contributed by atoms with van der Waals surface area (Å²) in [7, 11) is 0. The summed E-state index contributed by atoms with van der Waals surface area (Å²) in [5.74, 6) is 2.64. The normalized spacial score (nSPS) is 19.0. The number of hydrogen-bond donors (Lipinski definition) is 0. The van der Waals surface area contributed by atoms with E-state index in [4.69, 9.17) is 9.40 Å². The van der Waals surface area contributed by atoms with Crippen molar-refractivity contribution in [1.82, 2.24) is 20.1 Å². The van der Waals surface area contributed by atoms with Crippen LogP contribution in [0.5, 0.6) is 0 Å². The van der Waals surface area contributed by atoms with Crippen molar-refractivity contribution >= 4 is 17.7 Å². The van der Waals surface area contributed by atoms with E-state index in [0.29, 0.717) is 37.9 Å². The number of anilines is 2. The lowest BCUT2D eigenvalue weighted by Gasteiger charge is -2.35. The van der Waals surface area contributed by atoms with Crippen LogP contribution in [-0.2, 0) is 0 Å². The maximum atomic E-state index is 12.4. The van der Waals surface area contributed by atoms with Gasteiger partial charge in [0.05, 0.1) is 12.5 Å². The zero-order valence-corrected chi connectivity index (χ0v) is 15.0. The van der Waals surface area contributed by atoms with Gasteiger partial charge in [-0.2, -0.15) is 10.1 Å². The Hall–Kier alpha value is -2.64. The third-order valence-electron chi connectivity index (χ3n) is 5.22. The average Bonchev–Trinajstić information content (AvgIpc) is 3.23. The Kier molecular flexibility index (Phi) is 4.73. The second kappa shape index (κ2) is 7.31. The molecule has 138 valence electrons. The fourth-order valence-electron chi connectivity index (χ4n) is 3.48. The molecule has 0 spiro atoms. The van der Waals surface area contributed by atoms with Gasteiger partial charge in [-0.3, -0.25) is 4.79 Å². The minimum Gasteiger partial charge on any atom is -0.459 e. The summed E-state index contributed by atoms with van der Waals surface area (Å²) in [6, 6.07) is 3.43. The summed E-state index contributed by atoms with van der Waals surface area (Å²) in [6.07, 6.45) is 5.64. The van der Waals surface area contributed by atoms with E-state index < -0.39 is 0 Å². The zero-order valence-electron chi connectivity index (χ0n) is 15.0. The number of hydrogen-bond acceptors (Lipinski definition) is 7. The second-order valence-electron chi connectivity index (χ2n) is 7.04. The number of carbonyl (C=O) groups excluding carboxylic acids is 1. The molecule has 2 aromatic rings. The van der Waals surface area contributed by atoms with E-state index in [-0.39, 0.29) is 5.91 Å². The SMILES string of the molecule is CC1CCN(c2cnnc(N3CCN(C(=O)c4ccco4)CC3)n2)CC1. The van der Waals surface area contributed by atoms with Gasteiger partial charge in [-0.1, -0.05) is 6.92 Å². The summed E-state index contributed by atoms with van der Waals surface area (Å²) in [4.78, 5) is 23.3. The van der Waals surface area contributed by atoms with Gasteiger partial charge >= 0.3 is 0 Å². The van der Waals surface area contributed by atoms with Crippen LogP contribution in [0, 0.1) is 5.92 Å². The molecule has 0 atom stereocenters. The minimum atomic E-state index is -0.0649. The highest BCUT2D eigenvalue weighted by Gasteiger charge is 2.26. The number of aromatic nitrogens is 3. The molecule has 0 unspecified atom stereocenters. The van der Waals surface area contributed by atoms with Crippen LogP contribution >= 0.6 is 0 Å². The first-order chi connectivity index (χ1) is 12.7. The summed E-state index contributed by atoms with van der Waals surface area (Å²) >= 11 is 0. The van der Waals surface area contributed by atoms with Gasteiger partial charge in [-0.05, 0) is 30.9 Å². The van der Waals surface area contributed by atoms with Gasteiger partial charge in [-0.25, -0.2) is 0 Å². The summed E-state index contributed by atoms with van der Waals surface area (Å²) in [6.45, 7) is 6.95. The monoisotopic (exact) mass is 356 g/mol. The van der Waals surface area contributed by atoms with Crippen LogP contribution in [0.3, 0.4) is 0 Å². The van der Waals surface area contributed by atoms with Crippen LogP contribution < -0.4 is 9.80 Å². The summed E-state index contributed by atoms with van der Waals surface area (Å²) < 4.78 is 5.21. The molecule has 2 saturated heterocycles. The molecule has 2 aliphatic heterocycles. The largest absolute Gasteiger partial charge is 0.459 e. The van der Waals surface area contributed by atoms with Gasteiger partial charge in [0.1, 0.15) is 0 Å². The smallest absolute Gasteiger partial charge is 0.289 e. The van der Waals surface area contributed by atoms with Crippen LogP contribution in [0.25, 0.3) is 0 Å². The molecule has 1 amide bonds. The molecule has 0 aliphatic carbocycles. The van der Waals surface area contributed by atoms with E-state index >= 15 is 0 Å². The Morgan fingerprint density at radius 3 is 2.58 bits per heavy atom. The molecule has 2 aliphatic rings. The fraction of sp³-hybridized carbons (Fsp3) is 0.556. The molecule has 0 aromatic carbocycles. The van der Waals surface area contributed by atoms with Crippen LogP contribution in [0.4, 0.5) is 11.8 Å². The number of piperidine rings is 1. The van der Waals surface area contributed by atoms with Gasteiger partial charge < -0.3 is 19.1 Å². The quantitative estimate of drug-likeness (QED) is 0.827. The number of nitrogens with zero attached hydrogens (tertiary/aromatic N) is 6. The molecule has 4 rings (SSSR count). The number of amides is 1. The van der Waals surface area contributed by atoms with Gasteiger partial charge in [0, 0.05) is 39.3 Å². The van der Waals surface area contributed by atoms with Crippen molar-refractivity contribution in [3.8, 4) is 0 Å². The van der Waals surface area contributed by atoms with Crippen LogP contribution in [0.15, 0.2) is 29.0 Å². The highest BCUT2D eigenvalue weighted by Crippen LogP contribution is 2.22. The Morgan fingerprint density at radius 2 is 1.88 bits per heavy atom. The topological polar surface area (TPSA) is 78.6 Å². The Morgan fingerprint density at radius 1 is 1.12 bits per heavy atom. The Labute approximate surface area is 152 Å². The number of rotatable bonds is 3. The van der Waals surface area contributed by atoms with Crippen molar-refractivity contribution in [3.05, 3.63) is 30.4 Å². The maximum Gasteiger partial charge on any atom is 0.289 e. The molecular formula is C18H24N6O2. The second-order valence-corrected chi connectivity index (χ2v) is 7.04. The Balaban J connectivity index is 1.38. The summed E-state index contributed by atoms with van der Waals surface area (Å²) in [5.41, 5.74) is 0. The van der Waals surface area contributed by atoms with Gasteiger partial charge in [0.25, 0.3) is 5.91 Å².